The molecule has 0 bridgehead atoms. The lowest BCUT2D eigenvalue weighted by atomic mass is 9.94. The summed E-state index contributed by atoms with van der Waals surface area (Å²) < 4.78 is 28.5. The summed E-state index contributed by atoms with van der Waals surface area (Å²) in [6, 6.07) is 2.13. The summed E-state index contributed by atoms with van der Waals surface area (Å²) in [4.78, 5) is 0.317. The molecule has 0 aliphatic heterocycles. The van der Waals surface area contributed by atoms with E-state index in [9.17, 15) is 13.5 Å². The molecule has 2 aliphatic carbocycles. The average Bonchev–Trinajstić information content (AvgIpc) is 3.05. The topological polar surface area (TPSA) is 62.5 Å². The maximum atomic E-state index is 12.5. The number of aromatic nitrogens is 1. The molecule has 0 amide bonds. The number of rotatable bonds is 5. The molecule has 5 nitrogen and oxygen atoms in total. The highest BCUT2D eigenvalue weighted by Crippen LogP contribution is 2.38. The van der Waals surface area contributed by atoms with Crippen LogP contribution in [-0.2, 0) is 16.6 Å². The van der Waals surface area contributed by atoms with Gasteiger partial charge in [0.25, 0.3) is 0 Å². The number of nitrogens with zero attached hydrogens (tertiary/aromatic N) is 2. The van der Waals surface area contributed by atoms with Crippen molar-refractivity contribution in [2.45, 2.75) is 55.7 Å². The van der Waals surface area contributed by atoms with Crippen molar-refractivity contribution in [3.8, 4) is 0 Å². The monoisotopic (exact) mass is 284 g/mol. The van der Waals surface area contributed by atoms with E-state index in [1.807, 2.05) is 4.57 Å². The van der Waals surface area contributed by atoms with Crippen LogP contribution in [0.4, 0.5) is 0 Å². The van der Waals surface area contributed by atoms with Gasteiger partial charge in [-0.1, -0.05) is 6.42 Å². The second kappa shape index (κ2) is 4.61. The molecule has 2 saturated carbocycles. The van der Waals surface area contributed by atoms with Gasteiger partial charge in [0.15, 0.2) is 0 Å². The third-order valence-corrected chi connectivity index (χ3v) is 6.15. The Labute approximate surface area is 113 Å². The molecule has 2 aliphatic rings. The molecule has 2 fully saturated rings. The molecule has 0 unspecified atom stereocenters. The Bertz CT molecular complexity index is 571. The average molecular weight is 284 g/mol. The van der Waals surface area contributed by atoms with Crippen molar-refractivity contribution in [2.24, 2.45) is 0 Å². The summed E-state index contributed by atoms with van der Waals surface area (Å²) in [6.45, 7) is -0.112. The highest BCUT2D eigenvalue weighted by atomic mass is 32.2. The van der Waals surface area contributed by atoms with Gasteiger partial charge in [0.05, 0.1) is 6.61 Å². The summed E-state index contributed by atoms with van der Waals surface area (Å²) in [6.07, 6.45) is 6.83. The highest BCUT2D eigenvalue weighted by Gasteiger charge is 2.34. The van der Waals surface area contributed by atoms with Gasteiger partial charge in [0, 0.05) is 31.0 Å². The van der Waals surface area contributed by atoms with Crippen LogP contribution >= 0.6 is 0 Å². The summed E-state index contributed by atoms with van der Waals surface area (Å²) in [5.41, 5.74) is 0.697. The SMILES string of the molecule is CN(C1CCC1)S(=O)(=O)c1cc(CO)n(C2CC2)c1. The zero-order chi connectivity index (χ0) is 13.6. The van der Waals surface area contributed by atoms with Crippen LogP contribution in [0.2, 0.25) is 0 Å². The van der Waals surface area contributed by atoms with Crippen LogP contribution in [0.5, 0.6) is 0 Å². The number of aliphatic hydroxyl groups is 1. The molecule has 6 heteroatoms. The van der Waals surface area contributed by atoms with Gasteiger partial charge < -0.3 is 9.67 Å². The minimum atomic E-state index is -3.42. The molecule has 0 saturated heterocycles. The zero-order valence-electron chi connectivity index (χ0n) is 11.1. The van der Waals surface area contributed by atoms with Crippen LogP contribution in [0.1, 0.15) is 43.8 Å². The van der Waals surface area contributed by atoms with E-state index in [2.05, 4.69) is 0 Å². The number of hydrogen-bond donors (Lipinski definition) is 1. The van der Waals surface area contributed by atoms with Crippen molar-refractivity contribution in [3.63, 3.8) is 0 Å². The maximum Gasteiger partial charge on any atom is 0.244 e. The second-order valence-electron chi connectivity index (χ2n) is 5.57. The largest absolute Gasteiger partial charge is 0.390 e. The van der Waals surface area contributed by atoms with Crippen molar-refractivity contribution >= 4 is 10.0 Å². The van der Waals surface area contributed by atoms with E-state index < -0.39 is 10.0 Å². The minimum Gasteiger partial charge on any atom is -0.390 e. The van der Waals surface area contributed by atoms with E-state index in [4.69, 9.17) is 0 Å². The quantitative estimate of drug-likeness (QED) is 0.891. The summed E-state index contributed by atoms with van der Waals surface area (Å²) in [5.74, 6) is 0. The zero-order valence-corrected chi connectivity index (χ0v) is 11.9. The molecule has 0 atom stereocenters. The predicted molar refractivity (Wildman–Crippen MR) is 71.2 cm³/mol. The maximum absolute atomic E-state index is 12.5. The number of hydrogen-bond acceptors (Lipinski definition) is 3. The van der Waals surface area contributed by atoms with Crippen molar-refractivity contribution < 1.29 is 13.5 Å². The van der Waals surface area contributed by atoms with E-state index in [1.54, 1.807) is 19.3 Å². The van der Waals surface area contributed by atoms with Gasteiger partial charge in [-0.25, -0.2) is 8.42 Å². The third kappa shape index (κ3) is 2.22. The third-order valence-electron chi connectivity index (χ3n) is 4.28. The number of sulfonamides is 1. The van der Waals surface area contributed by atoms with Crippen LogP contribution < -0.4 is 0 Å². The molecular weight excluding hydrogens is 264 g/mol. The van der Waals surface area contributed by atoms with Gasteiger partial charge in [-0.05, 0) is 31.7 Å². The standard InChI is InChI=1S/C13H20N2O3S/c1-14(10-3-2-4-10)19(17,18)13-7-12(9-16)15(8-13)11-5-6-11/h7-8,10-11,16H,2-6,9H2,1H3. The lowest BCUT2D eigenvalue weighted by Crippen LogP contribution is -2.41. The van der Waals surface area contributed by atoms with Crippen LogP contribution in [0.3, 0.4) is 0 Å². The Morgan fingerprint density at radius 3 is 2.53 bits per heavy atom. The first kappa shape index (κ1) is 13.1. The first-order valence-electron chi connectivity index (χ1n) is 6.83. The molecule has 19 heavy (non-hydrogen) atoms. The van der Waals surface area contributed by atoms with Crippen LogP contribution in [0.15, 0.2) is 17.2 Å². The van der Waals surface area contributed by atoms with Gasteiger partial charge in [-0.3, -0.25) is 0 Å². The lowest BCUT2D eigenvalue weighted by Gasteiger charge is -2.33. The smallest absolute Gasteiger partial charge is 0.244 e. The van der Waals surface area contributed by atoms with Gasteiger partial charge in [-0.15, -0.1) is 0 Å². The highest BCUT2D eigenvalue weighted by molar-refractivity contribution is 7.89. The Balaban J connectivity index is 1.91. The molecule has 3 rings (SSSR count). The fraction of sp³-hybridized carbons (Fsp3) is 0.692. The molecular formula is C13H20N2O3S. The second-order valence-corrected chi connectivity index (χ2v) is 7.57. The molecule has 0 aromatic carbocycles. The fourth-order valence-corrected chi connectivity index (χ4v) is 4.04. The van der Waals surface area contributed by atoms with Gasteiger partial charge in [0.2, 0.25) is 10.0 Å². The predicted octanol–water partition coefficient (Wildman–Crippen LogP) is 1.49. The molecule has 0 radical (unpaired) electrons. The van der Waals surface area contributed by atoms with Gasteiger partial charge in [0.1, 0.15) is 4.90 Å². The van der Waals surface area contributed by atoms with Crippen LogP contribution in [-0.4, -0.2) is 35.5 Å². The molecule has 1 aromatic rings. The summed E-state index contributed by atoms with van der Waals surface area (Å²) in [7, 11) is -1.76. The van der Waals surface area contributed by atoms with E-state index in [1.165, 1.54) is 4.31 Å². The molecule has 0 spiro atoms. The van der Waals surface area contributed by atoms with E-state index in [0.29, 0.717) is 16.6 Å². The van der Waals surface area contributed by atoms with Crippen molar-refractivity contribution in [1.29, 1.82) is 0 Å². The molecule has 106 valence electrons. The number of aliphatic hydroxyl groups excluding tert-OH is 1. The van der Waals surface area contributed by atoms with Crippen molar-refractivity contribution in [3.05, 3.63) is 18.0 Å². The van der Waals surface area contributed by atoms with Crippen molar-refractivity contribution in [2.75, 3.05) is 7.05 Å². The van der Waals surface area contributed by atoms with E-state index in [0.717, 1.165) is 32.1 Å². The summed E-state index contributed by atoms with van der Waals surface area (Å²) in [5, 5.41) is 9.35. The van der Waals surface area contributed by atoms with Crippen LogP contribution in [0.25, 0.3) is 0 Å². The van der Waals surface area contributed by atoms with Gasteiger partial charge >= 0.3 is 0 Å². The Kier molecular flexibility index (Phi) is 3.19. The lowest BCUT2D eigenvalue weighted by molar-refractivity contribution is 0.249. The van der Waals surface area contributed by atoms with E-state index in [-0.39, 0.29) is 12.6 Å². The minimum absolute atomic E-state index is 0.112. The summed E-state index contributed by atoms with van der Waals surface area (Å²) >= 11 is 0. The normalized spacial score (nSPS) is 20.8. The molecule has 1 heterocycles. The Morgan fingerprint density at radius 2 is 2.05 bits per heavy atom. The van der Waals surface area contributed by atoms with Crippen LogP contribution in [0, 0.1) is 0 Å². The first-order valence-corrected chi connectivity index (χ1v) is 8.27. The fourth-order valence-electron chi connectivity index (χ4n) is 2.57. The molecule has 1 N–H and O–H groups in total. The Morgan fingerprint density at radius 1 is 1.37 bits per heavy atom. The Hall–Kier alpha value is -0.850. The van der Waals surface area contributed by atoms with Crippen molar-refractivity contribution in [1.82, 2.24) is 8.87 Å². The first-order chi connectivity index (χ1) is 9.04. The van der Waals surface area contributed by atoms with Gasteiger partial charge in [-0.2, -0.15) is 4.31 Å². The van der Waals surface area contributed by atoms with E-state index >= 15 is 0 Å². The molecule has 1 aromatic heterocycles.